The highest BCUT2D eigenvalue weighted by molar-refractivity contribution is 5.96. The number of para-hydroxylation sites is 1. The number of hydrogen-bond acceptors (Lipinski definition) is 4. The Labute approximate surface area is 171 Å². The number of carbonyl (C=O) groups excluding carboxylic acids is 2. The van der Waals surface area contributed by atoms with Gasteiger partial charge in [0, 0.05) is 31.8 Å². The van der Waals surface area contributed by atoms with Crippen molar-refractivity contribution in [2.45, 2.75) is 32.6 Å². The zero-order valence-electron chi connectivity index (χ0n) is 16.9. The SMILES string of the molecule is CC(=O)c1ccccc1OCC1CCCN(CCC(=O)Cc2ccc(F)cc2)C1. The van der Waals surface area contributed by atoms with Gasteiger partial charge in [-0.2, -0.15) is 0 Å². The number of nitrogens with zero attached hydrogens (tertiary/aromatic N) is 1. The first kappa shape index (κ1) is 21.2. The van der Waals surface area contributed by atoms with Gasteiger partial charge in [0.1, 0.15) is 17.3 Å². The fraction of sp³-hybridized carbons (Fsp3) is 0.417. The molecule has 2 aromatic carbocycles. The zero-order chi connectivity index (χ0) is 20.6. The molecule has 5 heteroatoms. The summed E-state index contributed by atoms with van der Waals surface area (Å²) in [5, 5.41) is 0. The van der Waals surface area contributed by atoms with Crippen LogP contribution in [-0.4, -0.2) is 42.7 Å². The molecule has 1 fully saturated rings. The van der Waals surface area contributed by atoms with E-state index in [0.717, 1.165) is 38.0 Å². The Hall–Kier alpha value is -2.53. The minimum Gasteiger partial charge on any atom is -0.492 e. The molecule has 3 rings (SSSR count). The lowest BCUT2D eigenvalue weighted by atomic mass is 9.98. The summed E-state index contributed by atoms with van der Waals surface area (Å²) in [7, 11) is 0. The molecule has 0 radical (unpaired) electrons. The van der Waals surface area contributed by atoms with Crippen molar-refractivity contribution >= 4 is 11.6 Å². The average Bonchev–Trinajstić information content (AvgIpc) is 2.73. The van der Waals surface area contributed by atoms with Crippen molar-refractivity contribution in [1.29, 1.82) is 0 Å². The first-order valence-electron chi connectivity index (χ1n) is 10.2. The van der Waals surface area contributed by atoms with E-state index in [1.165, 1.54) is 12.1 Å². The number of likely N-dealkylation sites (tertiary alicyclic amines) is 1. The molecule has 1 atom stereocenters. The van der Waals surface area contributed by atoms with Gasteiger partial charge in [0.2, 0.25) is 0 Å². The van der Waals surface area contributed by atoms with E-state index < -0.39 is 0 Å². The van der Waals surface area contributed by atoms with E-state index >= 15 is 0 Å². The van der Waals surface area contributed by atoms with Gasteiger partial charge in [-0.15, -0.1) is 0 Å². The molecule has 1 heterocycles. The Morgan fingerprint density at radius 2 is 1.90 bits per heavy atom. The number of hydrogen-bond donors (Lipinski definition) is 0. The van der Waals surface area contributed by atoms with Gasteiger partial charge in [-0.3, -0.25) is 9.59 Å². The molecule has 0 N–H and O–H groups in total. The molecule has 0 amide bonds. The van der Waals surface area contributed by atoms with Gasteiger partial charge >= 0.3 is 0 Å². The summed E-state index contributed by atoms with van der Waals surface area (Å²) in [5.74, 6) is 0.923. The molecule has 0 aromatic heterocycles. The predicted octanol–water partition coefficient (Wildman–Crippen LogP) is 4.32. The lowest BCUT2D eigenvalue weighted by Crippen LogP contribution is -2.39. The van der Waals surface area contributed by atoms with Crippen molar-refractivity contribution in [3.05, 3.63) is 65.5 Å². The minimum absolute atomic E-state index is 0.00513. The molecule has 0 spiro atoms. The summed E-state index contributed by atoms with van der Waals surface area (Å²) >= 11 is 0. The number of Topliss-reactive ketones (excluding diaryl/α,β-unsaturated/α-hetero) is 2. The molecule has 0 aliphatic carbocycles. The van der Waals surface area contributed by atoms with E-state index in [9.17, 15) is 14.0 Å². The Bertz CT molecular complexity index is 834. The highest BCUT2D eigenvalue weighted by Crippen LogP contribution is 2.22. The Balaban J connectivity index is 1.44. The third-order valence-electron chi connectivity index (χ3n) is 5.37. The maximum Gasteiger partial charge on any atom is 0.163 e. The van der Waals surface area contributed by atoms with Crippen LogP contribution in [0.1, 0.15) is 42.1 Å². The van der Waals surface area contributed by atoms with Crippen molar-refractivity contribution < 1.29 is 18.7 Å². The van der Waals surface area contributed by atoms with E-state index in [0.29, 0.717) is 36.7 Å². The third-order valence-corrected chi connectivity index (χ3v) is 5.37. The van der Waals surface area contributed by atoms with Gasteiger partial charge < -0.3 is 9.64 Å². The summed E-state index contributed by atoms with van der Waals surface area (Å²) in [6.07, 6.45) is 3.01. The van der Waals surface area contributed by atoms with Gasteiger partial charge in [-0.1, -0.05) is 24.3 Å². The normalized spacial score (nSPS) is 17.1. The molecule has 0 bridgehead atoms. The average molecular weight is 397 g/mol. The number of piperidine rings is 1. The maximum absolute atomic E-state index is 13.0. The van der Waals surface area contributed by atoms with E-state index in [-0.39, 0.29) is 17.4 Å². The van der Waals surface area contributed by atoms with E-state index in [1.54, 1.807) is 25.1 Å². The molecule has 29 heavy (non-hydrogen) atoms. The standard InChI is InChI=1S/C24H28FNO3/c1-18(27)23-6-2-3-7-24(23)29-17-20-5-4-13-26(16-20)14-12-22(28)15-19-8-10-21(25)11-9-19/h2-3,6-11,20H,4-5,12-17H2,1H3. The number of ether oxygens (including phenoxy) is 1. The van der Waals surface area contributed by atoms with Crippen molar-refractivity contribution in [2.75, 3.05) is 26.2 Å². The highest BCUT2D eigenvalue weighted by atomic mass is 19.1. The van der Waals surface area contributed by atoms with Gasteiger partial charge in [-0.05, 0) is 56.1 Å². The largest absolute Gasteiger partial charge is 0.492 e. The summed E-state index contributed by atoms with van der Waals surface area (Å²) in [6.45, 7) is 4.74. The van der Waals surface area contributed by atoms with Crippen LogP contribution < -0.4 is 4.74 Å². The molecule has 0 saturated carbocycles. The summed E-state index contributed by atoms with van der Waals surface area (Å²) in [5.41, 5.74) is 1.47. The second kappa shape index (κ2) is 10.3. The van der Waals surface area contributed by atoms with Gasteiger partial charge in [0.25, 0.3) is 0 Å². The monoisotopic (exact) mass is 397 g/mol. The van der Waals surface area contributed by atoms with Crippen molar-refractivity contribution in [3.8, 4) is 5.75 Å². The fourth-order valence-electron chi connectivity index (χ4n) is 3.78. The second-order valence-electron chi connectivity index (χ2n) is 7.76. The number of halogens is 1. The quantitative estimate of drug-likeness (QED) is 0.591. The summed E-state index contributed by atoms with van der Waals surface area (Å²) < 4.78 is 18.9. The predicted molar refractivity (Wildman–Crippen MR) is 111 cm³/mol. The third kappa shape index (κ3) is 6.50. The van der Waals surface area contributed by atoms with Crippen LogP contribution in [0.2, 0.25) is 0 Å². The van der Waals surface area contributed by atoms with Gasteiger partial charge in [0.15, 0.2) is 5.78 Å². The van der Waals surface area contributed by atoms with Crippen molar-refractivity contribution in [2.24, 2.45) is 5.92 Å². The Morgan fingerprint density at radius 3 is 2.66 bits per heavy atom. The zero-order valence-corrected chi connectivity index (χ0v) is 16.9. The summed E-state index contributed by atoms with van der Waals surface area (Å²) in [6, 6.07) is 13.5. The van der Waals surface area contributed by atoms with Crippen molar-refractivity contribution in [1.82, 2.24) is 4.90 Å². The number of carbonyl (C=O) groups is 2. The number of ketones is 2. The van der Waals surface area contributed by atoms with Crippen LogP contribution in [-0.2, 0) is 11.2 Å². The van der Waals surface area contributed by atoms with E-state index in [4.69, 9.17) is 4.74 Å². The second-order valence-corrected chi connectivity index (χ2v) is 7.76. The minimum atomic E-state index is -0.284. The van der Waals surface area contributed by atoms with Crippen LogP contribution in [0.4, 0.5) is 4.39 Å². The lowest BCUT2D eigenvalue weighted by molar-refractivity contribution is -0.118. The van der Waals surface area contributed by atoms with Gasteiger partial charge in [0.05, 0.1) is 12.2 Å². The van der Waals surface area contributed by atoms with E-state index in [1.807, 2.05) is 18.2 Å². The molecule has 154 valence electrons. The van der Waals surface area contributed by atoms with Crippen LogP contribution in [0, 0.1) is 11.7 Å². The van der Waals surface area contributed by atoms with Crippen LogP contribution in [0.3, 0.4) is 0 Å². The number of benzene rings is 2. The first-order chi connectivity index (χ1) is 14.0. The smallest absolute Gasteiger partial charge is 0.163 e. The fourth-order valence-corrected chi connectivity index (χ4v) is 3.78. The molecular weight excluding hydrogens is 369 g/mol. The molecule has 2 aromatic rings. The topological polar surface area (TPSA) is 46.6 Å². The molecule has 1 aliphatic heterocycles. The Kier molecular flexibility index (Phi) is 7.53. The van der Waals surface area contributed by atoms with Crippen LogP contribution in [0.5, 0.6) is 5.75 Å². The molecular formula is C24H28FNO3. The summed E-state index contributed by atoms with van der Waals surface area (Å²) in [4.78, 5) is 26.3. The van der Waals surface area contributed by atoms with Crippen LogP contribution >= 0.6 is 0 Å². The Morgan fingerprint density at radius 1 is 1.14 bits per heavy atom. The van der Waals surface area contributed by atoms with Crippen LogP contribution in [0.25, 0.3) is 0 Å². The van der Waals surface area contributed by atoms with Gasteiger partial charge in [-0.25, -0.2) is 4.39 Å². The van der Waals surface area contributed by atoms with E-state index in [2.05, 4.69) is 4.90 Å². The number of rotatable bonds is 9. The highest BCUT2D eigenvalue weighted by Gasteiger charge is 2.21. The molecule has 1 saturated heterocycles. The van der Waals surface area contributed by atoms with Crippen molar-refractivity contribution in [3.63, 3.8) is 0 Å². The van der Waals surface area contributed by atoms with Crippen LogP contribution in [0.15, 0.2) is 48.5 Å². The molecule has 1 aliphatic rings. The molecule has 4 nitrogen and oxygen atoms in total. The first-order valence-corrected chi connectivity index (χ1v) is 10.2. The maximum atomic E-state index is 13.0. The molecule has 1 unspecified atom stereocenters. The lowest BCUT2D eigenvalue weighted by Gasteiger charge is -2.32.